The van der Waals surface area contributed by atoms with Crippen LogP contribution in [0.5, 0.6) is 0 Å². The number of fused-ring (bicyclic) bond motifs is 1. The number of aliphatic hydroxyl groups is 1. The molecular weight excluding hydrogens is 248 g/mol. The van der Waals surface area contributed by atoms with Crippen LogP contribution in [0.4, 0.5) is 0 Å². The van der Waals surface area contributed by atoms with Gasteiger partial charge in [0.05, 0.1) is 17.8 Å². The van der Waals surface area contributed by atoms with Crippen molar-refractivity contribution >= 4 is 0 Å². The molecule has 0 amide bonds. The zero-order valence-electron chi connectivity index (χ0n) is 11.8. The molecule has 1 aromatic heterocycles. The van der Waals surface area contributed by atoms with Crippen LogP contribution in [0.1, 0.15) is 28.8 Å². The van der Waals surface area contributed by atoms with Crippen molar-refractivity contribution in [3.63, 3.8) is 0 Å². The van der Waals surface area contributed by atoms with E-state index in [0.29, 0.717) is 6.54 Å². The summed E-state index contributed by atoms with van der Waals surface area (Å²) in [6.07, 6.45) is 3.84. The number of hydrogen-bond donors (Lipinski definition) is 2. The van der Waals surface area contributed by atoms with Crippen molar-refractivity contribution in [1.82, 2.24) is 10.3 Å². The predicted octanol–water partition coefficient (Wildman–Crippen LogP) is 2.31. The second kappa shape index (κ2) is 5.35. The van der Waals surface area contributed by atoms with Crippen molar-refractivity contribution in [2.45, 2.75) is 31.8 Å². The highest BCUT2D eigenvalue weighted by molar-refractivity contribution is 5.39. The van der Waals surface area contributed by atoms with E-state index in [2.05, 4.69) is 34.6 Å². The SMILES string of the molecule is Cc1ccc(CNC2(CO)CCc3ccccc32)nc1. The van der Waals surface area contributed by atoms with Crippen molar-refractivity contribution in [3.05, 3.63) is 65.0 Å². The molecule has 1 aliphatic rings. The fourth-order valence-electron chi connectivity index (χ4n) is 2.95. The minimum absolute atomic E-state index is 0.121. The zero-order valence-corrected chi connectivity index (χ0v) is 11.8. The number of aryl methyl sites for hydroxylation is 2. The number of benzene rings is 1. The first kappa shape index (κ1) is 13.3. The molecule has 0 fully saturated rings. The van der Waals surface area contributed by atoms with Gasteiger partial charge >= 0.3 is 0 Å². The Morgan fingerprint density at radius 2 is 2.10 bits per heavy atom. The first-order valence-electron chi connectivity index (χ1n) is 7.09. The van der Waals surface area contributed by atoms with Crippen LogP contribution in [0.2, 0.25) is 0 Å². The summed E-state index contributed by atoms with van der Waals surface area (Å²) in [6, 6.07) is 12.5. The molecule has 2 aromatic rings. The molecule has 1 aliphatic carbocycles. The normalized spacial score (nSPS) is 20.9. The molecule has 0 spiro atoms. The Morgan fingerprint density at radius 1 is 1.25 bits per heavy atom. The van der Waals surface area contributed by atoms with Gasteiger partial charge in [-0.05, 0) is 42.5 Å². The van der Waals surface area contributed by atoms with E-state index >= 15 is 0 Å². The minimum Gasteiger partial charge on any atom is -0.394 e. The van der Waals surface area contributed by atoms with Crippen molar-refractivity contribution in [2.75, 3.05) is 6.61 Å². The fourth-order valence-corrected chi connectivity index (χ4v) is 2.95. The average Bonchev–Trinajstić information content (AvgIpc) is 2.86. The second-order valence-corrected chi connectivity index (χ2v) is 5.58. The fraction of sp³-hybridized carbons (Fsp3) is 0.353. The van der Waals surface area contributed by atoms with Crippen LogP contribution in [-0.2, 0) is 18.5 Å². The van der Waals surface area contributed by atoms with Gasteiger partial charge < -0.3 is 5.11 Å². The average molecular weight is 268 g/mol. The number of rotatable bonds is 4. The summed E-state index contributed by atoms with van der Waals surface area (Å²) in [4.78, 5) is 4.42. The maximum absolute atomic E-state index is 9.90. The van der Waals surface area contributed by atoms with Crippen molar-refractivity contribution in [2.24, 2.45) is 0 Å². The number of aliphatic hydroxyl groups excluding tert-OH is 1. The quantitative estimate of drug-likeness (QED) is 0.894. The smallest absolute Gasteiger partial charge is 0.0678 e. The van der Waals surface area contributed by atoms with Crippen LogP contribution in [0.25, 0.3) is 0 Å². The van der Waals surface area contributed by atoms with Crippen molar-refractivity contribution in [1.29, 1.82) is 0 Å². The molecule has 1 aromatic carbocycles. The second-order valence-electron chi connectivity index (χ2n) is 5.58. The maximum atomic E-state index is 9.90. The first-order chi connectivity index (χ1) is 9.73. The van der Waals surface area contributed by atoms with Crippen LogP contribution in [-0.4, -0.2) is 16.7 Å². The summed E-state index contributed by atoms with van der Waals surface area (Å²) in [5.41, 5.74) is 4.42. The van der Waals surface area contributed by atoms with Crippen LogP contribution in [0.3, 0.4) is 0 Å². The highest BCUT2D eigenvalue weighted by Gasteiger charge is 2.37. The van der Waals surface area contributed by atoms with E-state index in [1.54, 1.807) is 0 Å². The van der Waals surface area contributed by atoms with E-state index in [1.807, 2.05) is 25.3 Å². The standard InChI is InChI=1S/C17H20N2O/c1-13-6-7-15(18-10-13)11-19-17(12-20)9-8-14-4-2-3-5-16(14)17/h2-7,10,19-20H,8-9,11-12H2,1H3. The number of nitrogens with one attached hydrogen (secondary N) is 1. The third-order valence-electron chi connectivity index (χ3n) is 4.20. The number of aromatic nitrogens is 1. The molecule has 0 saturated heterocycles. The van der Waals surface area contributed by atoms with E-state index in [-0.39, 0.29) is 12.1 Å². The Labute approximate surface area is 119 Å². The molecule has 0 aliphatic heterocycles. The van der Waals surface area contributed by atoms with Gasteiger partial charge in [-0.25, -0.2) is 0 Å². The molecule has 1 unspecified atom stereocenters. The van der Waals surface area contributed by atoms with E-state index in [4.69, 9.17) is 0 Å². The van der Waals surface area contributed by atoms with Gasteiger partial charge in [-0.2, -0.15) is 0 Å². The van der Waals surface area contributed by atoms with Crippen LogP contribution in [0, 0.1) is 6.92 Å². The summed E-state index contributed by atoms with van der Waals surface area (Å²) >= 11 is 0. The predicted molar refractivity (Wildman–Crippen MR) is 79.3 cm³/mol. The molecule has 0 bridgehead atoms. The van der Waals surface area contributed by atoms with Crippen molar-refractivity contribution in [3.8, 4) is 0 Å². The molecule has 3 rings (SSSR count). The lowest BCUT2D eigenvalue weighted by molar-refractivity contribution is 0.158. The van der Waals surface area contributed by atoms with Gasteiger partial charge in [0.2, 0.25) is 0 Å². The van der Waals surface area contributed by atoms with Crippen LogP contribution in [0.15, 0.2) is 42.6 Å². The lowest BCUT2D eigenvalue weighted by Crippen LogP contribution is -2.43. The van der Waals surface area contributed by atoms with Crippen LogP contribution < -0.4 is 5.32 Å². The molecule has 104 valence electrons. The molecule has 2 N–H and O–H groups in total. The summed E-state index contributed by atoms with van der Waals surface area (Å²) in [6.45, 7) is 2.83. The van der Waals surface area contributed by atoms with E-state index in [9.17, 15) is 5.11 Å². The highest BCUT2D eigenvalue weighted by Crippen LogP contribution is 2.36. The number of pyridine rings is 1. The third kappa shape index (κ3) is 2.35. The topological polar surface area (TPSA) is 45.1 Å². The van der Waals surface area contributed by atoms with Crippen molar-refractivity contribution < 1.29 is 5.11 Å². The summed E-state index contributed by atoms with van der Waals surface area (Å²) in [7, 11) is 0. The van der Waals surface area contributed by atoms with Gasteiger partial charge in [0.25, 0.3) is 0 Å². The van der Waals surface area contributed by atoms with Gasteiger partial charge in [-0.3, -0.25) is 10.3 Å². The lowest BCUT2D eigenvalue weighted by atomic mass is 9.92. The van der Waals surface area contributed by atoms with E-state index in [0.717, 1.165) is 24.1 Å². The molecular formula is C17H20N2O. The van der Waals surface area contributed by atoms with Gasteiger partial charge in [0.15, 0.2) is 0 Å². The minimum atomic E-state index is -0.316. The van der Waals surface area contributed by atoms with E-state index in [1.165, 1.54) is 11.1 Å². The Morgan fingerprint density at radius 3 is 2.85 bits per heavy atom. The Hall–Kier alpha value is -1.71. The monoisotopic (exact) mass is 268 g/mol. The van der Waals surface area contributed by atoms with Gasteiger partial charge in [-0.1, -0.05) is 30.3 Å². The van der Waals surface area contributed by atoms with Gasteiger partial charge in [-0.15, -0.1) is 0 Å². The molecule has 0 radical (unpaired) electrons. The molecule has 20 heavy (non-hydrogen) atoms. The molecule has 1 atom stereocenters. The Balaban J connectivity index is 1.80. The Bertz CT molecular complexity index is 594. The van der Waals surface area contributed by atoms with E-state index < -0.39 is 0 Å². The molecule has 3 nitrogen and oxygen atoms in total. The third-order valence-corrected chi connectivity index (χ3v) is 4.20. The maximum Gasteiger partial charge on any atom is 0.0678 e. The largest absolute Gasteiger partial charge is 0.394 e. The summed E-state index contributed by atoms with van der Waals surface area (Å²) in [5.74, 6) is 0. The van der Waals surface area contributed by atoms with Crippen LogP contribution >= 0.6 is 0 Å². The summed E-state index contributed by atoms with van der Waals surface area (Å²) in [5, 5.41) is 13.4. The Kier molecular flexibility index (Phi) is 3.55. The number of hydrogen-bond acceptors (Lipinski definition) is 3. The zero-order chi connectivity index (χ0) is 14.0. The number of nitrogens with zero attached hydrogens (tertiary/aromatic N) is 1. The molecule has 0 saturated carbocycles. The van der Waals surface area contributed by atoms with Gasteiger partial charge in [0, 0.05) is 12.7 Å². The summed E-state index contributed by atoms with van der Waals surface area (Å²) < 4.78 is 0. The molecule has 1 heterocycles. The molecule has 3 heteroatoms. The highest BCUT2D eigenvalue weighted by atomic mass is 16.3. The lowest BCUT2D eigenvalue weighted by Gasteiger charge is -2.29. The van der Waals surface area contributed by atoms with Gasteiger partial charge in [0.1, 0.15) is 0 Å². The first-order valence-corrected chi connectivity index (χ1v) is 7.09.